The summed E-state index contributed by atoms with van der Waals surface area (Å²) in [6.07, 6.45) is 0. The standard InChI is InChI=1S/C17H27N3S/c1-18(2)7-8-19-9-11-20(12-10-19)13-15-14-21-17-6-4-3-5-16(15)17/h3-6,15H,7-14H2,1-2H3. The Bertz CT molecular complexity index is 455. The van der Waals surface area contributed by atoms with Crippen molar-refractivity contribution in [3.63, 3.8) is 0 Å². The second-order valence-corrected chi connectivity index (χ2v) is 7.55. The summed E-state index contributed by atoms with van der Waals surface area (Å²) in [7, 11) is 4.32. The highest BCUT2D eigenvalue weighted by atomic mass is 32.2. The van der Waals surface area contributed by atoms with Crippen LogP contribution in [-0.4, -0.2) is 80.4 Å². The van der Waals surface area contributed by atoms with E-state index in [2.05, 4.69) is 53.1 Å². The quantitative estimate of drug-likeness (QED) is 0.823. The Morgan fingerprint density at radius 3 is 2.57 bits per heavy atom. The maximum Gasteiger partial charge on any atom is 0.0110 e. The van der Waals surface area contributed by atoms with E-state index in [9.17, 15) is 0 Å². The van der Waals surface area contributed by atoms with Crippen LogP contribution in [0.5, 0.6) is 0 Å². The molecular weight excluding hydrogens is 278 g/mol. The second kappa shape index (κ2) is 7.14. The molecule has 4 heteroatoms. The van der Waals surface area contributed by atoms with Gasteiger partial charge < -0.3 is 9.80 Å². The Kier molecular flexibility index (Phi) is 5.22. The topological polar surface area (TPSA) is 9.72 Å². The molecule has 0 amide bonds. The summed E-state index contributed by atoms with van der Waals surface area (Å²) in [5, 5.41) is 0. The second-order valence-electron chi connectivity index (χ2n) is 6.49. The lowest BCUT2D eigenvalue weighted by Gasteiger charge is -2.36. The van der Waals surface area contributed by atoms with Crippen molar-refractivity contribution in [3.8, 4) is 0 Å². The lowest BCUT2D eigenvalue weighted by molar-refractivity contribution is 0.122. The van der Waals surface area contributed by atoms with Gasteiger partial charge in [-0.05, 0) is 25.7 Å². The number of piperazine rings is 1. The molecule has 1 fully saturated rings. The van der Waals surface area contributed by atoms with Crippen molar-refractivity contribution in [3.05, 3.63) is 29.8 Å². The first-order chi connectivity index (χ1) is 10.2. The van der Waals surface area contributed by atoms with Crippen LogP contribution >= 0.6 is 11.8 Å². The molecule has 2 aliphatic heterocycles. The minimum absolute atomic E-state index is 0.736. The van der Waals surface area contributed by atoms with Crippen LogP contribution in [-0.2, 0) is 0 Å². The van der Waals surface area contributed by atoms with Crippen molar-refractivity contribution < 1.29 is 0 Å². The molecule has 0 bridgehead atoms. The lowest BCUT2D eigenvalue weighted by Crippen LogP contribution is -2.48. The van der Waals surface area contributed by atoms with Gasteiger partial charge in [0, 0.05) is 62.4 Å². The first-order valence-electron chi connectivity index (χ1n) is 8.03. The highest BCUT2D eigenvalue weighted by molar-refractivity contribution is 7.99. The molecule has 0 spiro atoms. The zero-order valence-electron chi connectivity index (χ0n) is 13.3. The Balaban J connectivity index is 1.46. The fourth-order valence-electron chi connectivity index (χ4n) is 3.23. The molecule has 1 aromatic rings. The number of thioether (sulfide) groups is 1. The van der Waals surface area contributed by atoms with E-state index in [4.69, 9.17) is 0 Å². The van der Waals surface area contributed by atoms with Gasteiger partial charge in [-0.25, -0.2) is 0 Å². The van der Waals surface area contributed by atoms with Gasteiger partial charge in [0.2, 0.25) is 0 Å². The normalized spacial score (nSPS) is 23.7. The number of hydrogen-bond acceptors (Lipinski definition) is 4. The number of benzene rings is 1. The Morgan fingerprint density at radius 2 is 1.81 bits per heavy atom. The Hall–Kier alpha value is -0.550. The average molecular weight is 305 g/mol. The molecule has 21 heavy (non-hydrogen) atoms. The molecule has 2 aliphatic rings. The van der Waals surface area contributed by atoms with E-state index in [1.807, 2.05) is 11.8 Å². The maximum atomic E-state index is 2.67. The molecular formula is C17H27N3S. The summed E-state index contributed by atoms with van der Waals surface area (Å²) in [4.78, 5) is 9.05. The molecule has 3 rings (SSSR count). The zero-order valence-corrected chi connectivity index (χ0v) is 14.1. The number of nitrogens with zero attached hydrogens (tertiary/aromatic N) is 3. The van der Waals surface area contributed by atoms with E-state index in [-0.39, 0.29) is 0 Å². The number of fused-ring (bicyclic) bond motifs is 1. The molecule has 0 aromatic heterocycles. The van der Waals surface area contributed by atoms with Crippen LogP contribution in [0.4, 0.5) is 0 Å². The summed E-state index contributed by atoms with van der Waals surface area (Å²) in [5.41, 5.74) is 1.58. The molecule has 0 radical (unpaired) electrons. The molecule has 1 unspecified atom stereocenters. The van der Waals surface area contributed by atoms with Gasteiger partial charge in [0.05, 0.1) is 0 Å². The highest BCUT2D eigenvalue weighted by Crippen LogP contribution is 2.39. The fourth-order valence-corrected chi connectivity index (χ4v) is 4.47. The Morgan fingerprint density at radius 1 is 1.10 bits per heavy atom. The first-order valence-corrected chi connectivity index (χ1v) is 9.02. The lowest BCUT2D eigenvalue weighted by atomic mass is 10.0. The number of rotatable bonds is 5. The molecule has 0 aliphatic carbocycles. The van der Waals surface area contributed by atoms with Crippen molar-refractivity contribution in [1.29, 1.82) is 0 Å². The van der Waals surface area contributed by atoms with E-state index in [1.165, 1.54) is 56.5 Å². The first kappa shape index (κ1) is 15.3. The van der Waals surface area contributed by atoms with Gasteiger partial charge in [-0.2, -0.15) is 0 Å². The largest absolute Gasteiger partial charge is 0.308 e. The van der Waals surface area contributed by atoms with Gasteiger partial charge in [-0.15, -0.1) is 11.8 Å². The van der Waals surface area contributed by atoms with Crippen molar-refractivity contribution in [2.45, 2.75) is 10.8 Å². The number of hydrogen-bond donors (Lipinski definition) is 0. The minimum Gasteiger partial charge on any atom is -0.308 e. The summed E-state index contributed by atoms with van der Waals surface area (Å²) in [6.45, 7) is 8.55. The monoisotopic (exact) mass is 305 g/mol. The van der Waals surface area contributed by atoms with Crippen LogP contribution in [0.1, 0.15) is 11.5 Å². The van der Waals surface area contributed by atoms with Crippen LogP contribution in [0.25, 0.3) is 0 Å². The molecule has 1 atom stereocenters. The SMILES string of the molecule is CN(C)CCN1CCN(CC2CSc3ccccc32)CC1. The fraction of sp³-hybridized carbons (Fsp3) is 0.647. The molecule has 0 saturated carbocycles. The van der Waals surface area contributed by atoms with Gasteiger partial charge in [0.1, 0.15) is 0 Å². The molecule has 3 nitrogen and oxygen atoms in total. The zero-order chi connectivity index (χ0) is 14.7. The molecule has 116 valence electrons. The van der Waals surface area contributed by atoms with Gasteiger partial charge >= 0.3 is 0 Å². The van der Waals surface area contributed by atoms with Crippen molar-refractivity contribution in [1.82, 2.24) is 14.7 Å². The van der Waals surface area contributed by atoms with Crippen molar-refractivity contribution >= 4 is 11.8 Å². The summed E-state index contributed by atoms with van der Waals surface area (Å²) in [5.74, 6) is 2.00. The summed E-state index contributed by atoms with van der Waals surface area (Å²) < 4.78 is 0. The minimum atomic E-state index is 0.736. The third-order valence-corrected chi connectivity index (χ3v) is 5.86. The summed E-state index contributed by atoms with van der Waals surface area (Å²) in [6, 6.07) is 8.96. The van der Waals surface area contributed by atoms with Crippen LogP contribution in [0.15, 0.2) is 29.2 Å². The smallest absolute Gasteiger partial charge is 0.0110 e. The van der Waals surface area contributed by atoms with Crippen LogP contribution in [0.2, 0.25) is 0 Å². The van der Waals surface area contributed by atoms with Gasteiger partial charge in [0.15, 0.2) is 0 Å². The molecule has 2 heterocycles. The van der Waals surface area contributed by atoms with Gasteiger partial charge in [0.25, 0.3) is 0 Å². The third-order valence-electron chi connectivity index (χ3n) is 4.61. The van der Waals surface area contributed by atoms with E-state index in [1.54, 1.807) is 5.56 Å². The highest BCUT2D eigenvalue weighted by Gasteiger charge is 2.26. The Labute approximate surface area is 133 Å². The predicted molar refractivity (Wildman–Crippen MR) is 91.3 cm³/mol. The van der Waals surface area contributed by atoms with E-state index in [0.29, 0.717) is 0 Å². The van der Waals surface area contributed by atoms with Crippen molar-refractivity contribution in [2.75, 3.05) is 65.7 Å². The molecule has 1 saturated heterocycles. The van der Waals surface area contributed by atoms with Crippen LogP contribution < -0.4 is 0 Å². The predicted octanol–water partition coefficient (Wildman–Crippen LogP) is 2.06. The molecule has 0 N–H and O–H groups in total. The van der Waals surface area contributed by atoms with E-state index < -0.39 is 0 Å². The summed E-state index contributed by atoms with van der Waals surface area (Å²) >= 11 is 2.03. The van der Waals surface area contributed by atoms with Gasteiger partial charge in [-0.3, -0.25) is 4.90 Å². The van der Waals surface area contributed by atoms with E-state index in [0.717, 1.165) is 5.92 Å². The third kappa shape index (κ3) is 4.01. The molecule has 1 aromatic carbocycles. The van der Waals surface area contributed by atoms with Crippen LogP contribution in [0, 0.1) is 0 Å². The average Bonchev–Trinajstić information content (AvgIpc) is 2.90. The van der Waals surface area contributed by atoms with Crippen LogP contribution in [0.3, 0.4) is 0 Å². The van der Waals surface area contributed by atoms with Gasteiger partial charge in [-0.1, -0.05) is 18.2 Å². The van der Waals surface area contributed by atoms with E-state index >= 15 is 0 Å². The van der Waals surface area contributed by atoms with Crippen molar-refractivity contribution in [2.24, 2.45) is 0 Å². The maximum absolute atomic E-state index is 2.67. The number of likely N-dealkylation sites (N-methyl/N-ethyl adjacent to an activating group) is 1.